The molecule has 0 spiro atoms. The van der Waals surface area contributed by atoms with E-state index in [9.17, 15) is 9.18 Å². The summed E-state index contributed by atoms with van der Waals surface area (Å²) in [4.78, 5) is 11.3. The Balaban J connectivity index is 3.35. The Morgan fingerprint density at radius 2 is 2.06 bits per heavy atom. The third-order valence-electron chi connectivity index (χ3n) is 2.52. The number of anilines is 1. The fourth-order valence-corrected chi connectivity index (χ4v) is 2.79. The van der Waals surface area contributed by atoms with E-state index in [0.29, 0.717) is 4.47 Å². The first-order valence-electron chi connectivity index (χ1n) is 5.00. The van der Waals surface area contributed by atoms with E-state index in [1.165, 1.54) is 20.1 Å². The molecule has 18 heavy (non-hydrogen) atoms. The van der Waals surface area contributed by atoms with Gasteiger partial charge in [0.1, 0.15) is 5.82 Å². The molecule has 4 nitrogen and oxygen atoms in total. The molecule has 1 aromatic rings. The van der Waals surface area contributed by atoms with E-state index in [2.05, 4.69) is 36.6 Å². The molecule has 1 atom stereocenters. The topological polar surface area (TPSA) is 78.3 Å². The number of esters is 1. The second-order valence-corrected chi connectivity index (χ2v) is 5.82. The van der Waals surface area contributed by atoms with Crippen LogP contribution in [0.15, 0.2) is 15.0 Å². The normalized spacial score (nSPS) is 14.1. The summed E-state index contributed by atoms with van der Waals surface area (Å²) in [6.07, 6.45) is -0.173. The second kappa shape index (κ2) is 5.54. The number of rotatable bonds is 3. The highest BCUT2D eigenvalue weighted by Crippen LogP contribution is 2.38. The summed E-state index contributed by atoms with van der Waals surface area (Å²) in [5.41, 5.74) is 10.8. The maximum Gasteiger partial charge on any atom is 0.307 e. The number of nitrogen functional groups attached to an aromatic ring is 1. The van der Waals surface area contributed by atoms with Gasteiger partial charge in [-0.05, 0) is 44.8 Å². The SMILES string of the molecule is COC(=O)C[C@](C)(N)c1c(N)c(Br)cc(Br)c1F. The molecule has 0 heterocycles. The highest BCUT2D eigenvalue weighted by atomic mass is 79.9. The van der Waals surface area contributed by atoms with Crippen molar-refractivity contribution < 1.29 is 13.9 Å². The van der Waals surface area contributed by atoms with Gasteiger partial charge in [0.25, 0.3) is 0 Å². The lowest BCUT2D eigenvalue weighted by Gasteiger charge is -2.27. The van der Waals surface area contributed by atoms with Crippen molar-refractivity contribution in [3.8, 4) is 0 Å². The van der Waals surface area contributed by atoms with Gasteiger partial charge in [-0.25, -0.2) is 4.39 Å². The fraction of sp³-hybridized carbons (Fsp3) is 0.364. The smallest absolute Gasteiger partial charge is 0.307 e. The standard InChI is InChI=1S/C11H13Br2FN2O2/c1-11(16,4-7(17)18-2)8-9(14)5(12)3-6(13)10(8)15/h3H,4,15-16H2,1-2H3/t11-/m0/s1. The summed E-state index contributed by atoms with van der Waals surface area (Å²) in [7, 11) is 1.24. The number of hydrogen-bond donors (Lipinski definition) is 2. The van der Waals surface area contributed by atoms with Crippen LogP contribution in [0.3, 0.4) is 0 Å². The zero-order chi connectivity index (χ0) is 14.1. The predicted molar refractivity (Wildman–Crippen MR) is 74.4 cm³/mol. The molecule has 0 aromatic heterocycles. The van der Waals surface area contributed by atoms with Gasteiger partial charge in [-0.15, -0.1) is 0 Å². The number of ether oxygens (including phenoxy) is 1. The Morgan fingerprint density at radius 3 is 2.56 bits per heavy atom. The lowest BCUT2D eigenvalue weighted by molar-refractivity contribution is -0.142. The quantitative estimate of drug-likeness (QED) is 0.477. The number of methoxy groups -OCH3 is 1. The third kappa shape index (κ3) is 3.02. The second-order valence-electron chi connectivity index (χ2n) is 4.11. The molecular weight excluding hydrogens is 371 g/mol. The van der Waals surface area contributed by atoms with Crippen molar-refractivity contribution in [2.24, 2.45) is 5.73 Å². The molecule has 0 fully saturated rings. The first-order valence-corrected chi connectivity index (χ1v) is 6.58. The van der Waals surface area contributed by atoms with Crippen LogP contribution in [0, 0.1) is 5.82 Å². The van der Waals surface area contributed by atoms with Crippen molar-refractivity contribution in [3.05, 3.63) is 26.4 Å². The van der Waals surface area contributed by atoms with Crippen molar-refractivity contribution in [2.45, 2.75) is 18.9 Å². The summed E-state index contributed by atoms with van der Waals surface area (Å²) in [6.45, 7) is 1.53. The molecule has 0 radical (unpaired) electrons. The minimum Gasteiger partial charge on any atom is -0.469 e. The zero-order valence-corrected chi connectivity index (χ0v) is 13.1. The Kier molecular flexibility index (Phi) is 4.74. The monoisotopic (exact) mass is 382 g/mol. The van der Waals surface area contributed by atoms with Crippen LogP contribution in [0.2, 0.25) is 0 Å². The van der Waals surface area contributed by atoms with Gasteiger partial charge in [-0.3, -0.25) is 4.79 Å². The minimum absolute atomic E-state index is 0.0779. The Bertz CT molecular complexity index is 466. The van der Waals surface area contributed by atoms with Gasteiger partial charge in [0, 0.05) is 10.0 Å². The third-order valence-corrected chi connectivity index (χ3v) is 3.75. The Hall–Kier alpha value is -0.660. The predicted octanol–water partition coefficient (Wildman–Crippen LogP) is 2.67. The first-order chi connectivity index (χ1) is 8.20. The molecule has 4 N–H and O–H groups in total. The summed E-state index contributed by atoms with van der Waals surface area (Å²) < 4.78 is 19.4. The number of benzene rings is 1. The van der Waals surface area contributed by atoms with Crippen LogP contribution >= 0.6 is 31.9 Å². The van der Waals surface area contributed by atoms with E-state index in [-0.39, 0.29) is 22.1 Å². The maximum atomic E-state index is 14.1. The molecule has 1 rings (SSSR count). The molecule has 0 bridgehead atoms. The number of carbonyl (C=O) groups excluding carboxylic acids is 1. The summed E-state index contributed by atoms with van der Waals surface area (Å²) in [5, 5.41) is 0. The summed E-state index contributed by atoms with van der Waals surface area (Å²) in [5.74, 6) is -1.11. The number of hydrogen-bond acceptors (Lipinski definition) is 4. The molecule has 0 aliphatic heterocycles. The average Bonchev–Trinajstić information content (AvgIpc) is 2.25. The van der Waals surface area contributed by atoms with E-state index >= 15 is 0 Å². The highest BCUT2D eigenvalue weighted by molar-refractivity contribution is 9.11. The molecule has 1 aromatic carbocycles. The summed E-state index contributed by atoms with van der Waals surface area (Å²) >= 11 is 6.29. The lowest BCUT2D eigenvalue weighted by atomic mass is 9.88. The molecule has 0 amide bonds. The molecule has 7 heteroatoms. The Labute approximate surface area is 121 Å². The van der Waals surface area contributed by atoms with E-state index in [1.807, 2.05) is 0 Å². The molecule has 100 valence electrons. The van der Waals surface area contributed by atoms with Crippen LogP contribution in [0.25, 0.3) is 0 Å². The maximum absolute atomic E-state index is 14.1. The molecular formula is C11H13Br2FN2O2. The van der Waals surface area contributed by atoms with Gasteiger partial charge in [0.2, 0.25) is 0 Å². The molecule has 0 saturated heterocycles. The van der Waals surface area contributed by atoms with Crippen molar-refractivity contribution >= 4 is 43.5 Å². The molecule has 0 aliphatic carbocycles. The average molecular weight is 384 g/mol. The van der Waals surface area contributed by atoms with Crippen LogP contribution < -0.4 is 11.5 Å². The Morgan fingerprint density at radius 1 is 1.50 bits per heavy atom. The van der Waals surface area contributed by atoms with Crippen molar-refractivity contribution in [1.29, 1.82) is 0 Å². The molecule has 0 unspecified atom stereocenters. The van der Waals surface area contributed by atoms with Crippen molar-refractivity contribution in [2.75, 3.05) is 12.8 Å². The molecule has 0 aliphatic rings. The van der Waals surface area contributed by atoms with Gasteiger partial charge in [-0.1, -0.05) is 0 Å². The van der Waals surface area contributed by atoms with E-state index in [1.54, 1.807) is 0 Å². The number of carbonyl (C=O) groups is 1. The van der Waals surface area contributed by atoms with E-state index in [0.717, 1.165) is 0 Å². The zero-order valence-electron chi connectivity index (χ0n) is 9.89. The highest BCUT2D eigenvalue weighted by Gasteiger charge is 2.32. The number of nitrogens with two attached hydrogens (primary N) is 2. The molecule has 0 saturated carbocycles. The number of halogens is 3. The van der Waals surface area contributed by atoms with E-state index < -0.39 is 17.3 Å². The van der Waals surface area contributed by atoms with Crippen molar-refractivity contribution in [1.82, 2.24) is 0 Å². The van der Waals surface area contributed by atoms with Gasteiger partial charge in [0.15, 0.2) is 0 Å². The van der Waals surface area contributed by atoms with Crippen LogP contribution in [0.1, 0.15) is 18.9 Å². The minimum atomic E-state index is -1.26. The van der Waals surface area contributed by atoms with Gasteiger partial charge >= 0.3 is 5.97 Å². The van der Waals surface area contributed by atoms with Crippen molar-refractivity contribution in [3.63, 3.8) is 0 Å². The van der Waals surface area contributed by atoms with Crippen LogP contribution in [-0.4, -0.2) is 13.1 Å². The van der Waals surface area contributed by atoms with Gasteiger partial charge in [0.05, 0.1) is 29.2 Å². The van der Waals surface area contributed by atoms with Crippen LogP contribution in [0.4, 0.5) is 10.1 Å². The van der Waals surface area contributed by atoms with Gasteiger partial charge < -0.3 is 16.2 Å². The van der Waals surface area contributed by atoms with Crippen LogP contribution in [0.5, 0.6) is 0 Å². The van der Waals surface area contributed by atoms with Gasteiger partial charge in [-0.2, -0.15) is 0 Å². The largest absolute Gasteiger partial charge is 0.469 e. The lowest BCUT2D eigenvalue weighted by Crippen LogP contribution is -2.38. The van der Waals surface area contributed by atoms with E-state index in [4.69, 9.17) is 11.5 Å². The van der Waals surface area contributed by atoms with Crippen LogP contribution in [-0.2, 0) is 15.1 Å². The first kappa shape index (κ1) is 15.4. The fourth-order valence-electron chi connectivity index (χ4n) is 1.63. The summed E-state index contributed by atoms with van der Waals surface area (Å²) in [6, 6.07) is 1.49.